The molecule has 0 aromatic rings. The van der Waals surface area contributed by atoms with E-state index in [0.29, 0.717) is 0 Å². The predicted molar refractivity (Wildman–Crippen MR) is 26.6 cm³/mol. The van der Waals surface area contributed by atoms with Gasteiger partial charge in [0.05, 0.1) is 12.4 Å². The Morgan fingerprint density at radius 2 is 2.38 bits per heavy atom. The zero-order valence-electron chi connectivity index (χ0n) is 4.07. The fourth-order valence-electron chi connectivity index (χ4n) is 0.370. The Labute approximate surface area is 46.3 Å². The summed E-state index contributed by atoms with van der Waals surface area (Å²) in [6, 6.07) is 0. The number of nitrogens with zero attached hydrogens (tertiary/aromatic N) is 1. The molecule has 0 aliphatic carbocycles. The van der Waals surface area contributed by atoms with E-state index >= 15 is 0 Å². The molecule has 1 heterocycles. The summed E-state index contributed by atoms with van der Waals surface area (Å²) in [5, 5.41) is 17.8. The van der Waals surface area contributed by atoms with Gasteiger partial charge in [-0.3, -0.25) is 10.6 Å². The third-order valence-electron chi connectivity index (χ3n) is 0.731. The normalized spacial score (nSPS) is 17.6. The van der Waals surface area contributed by atoms with Crippen LogP contribution in [0, 0.1) is 0 Å². The topological polar surface area (TPSA) is 55.7 Å². The van der Waals surface area contributed by atoms with E-state index in [1.165, 1.54) is 18.5 Å². The molecular formula is C4H6N2O2. The molecule has 1 rings (SSSR count). The summed E-state index contributed by atoms with van der Waals surface area (Å²) >= 11 is 0. The number of allylic oxidation sites excluding steroid dienone is 1. The number of hydrogen-bond acceptors (Lipinski definition) is 4. The van der Waals surface area contributed by atoms with Gasteiger partial charge in [0, 0.05) is 6.08 Å². The Morgan fingerprint density at radius 3 is 2.75 bits per heavy atom. The fraction of sp³-hybridized carbons (Fsp3) is 0. The van der Waals surface area contributed by atoms with E-state index in [4.69, 9.17) is 10.3 Å². The van der Waals surface area contributed by atoms with Crippen molar-refractivity contribution in [1.82, 2.24) is 10.6 Å². The van der Waals surface area contributed by atoms with Crippen LogP contribution in [0.25, 0.3) is 0 Å². The van der Waals surface area contributed by atoms with Crippen molar-refractivity contribution in [3.8, 4) is 0 Å². The Hall–Kier alpha value is -1.16. The molecule has 0 aromatic carbocycles. The minimum Gasteiger partial charge on any atom is -0.506 e. The SMILES string of the molecule is OC1=CNN(O)C=C1. The van der Waals surface area contributed by atoms with Gasteiger partial charge < -0.3 is 5.11 Å². The third kappa shape index (κ3) is 0.913. The highest BCUT2D eigenvalue weighted by Crippen LogP contribution is 1.94. The van der Waals surface area contributed by atoms with Crippen LogP contribution in [0.3, 0.4) is 0 Å². The minimum atomic E-state index is 0.0929. The first-order valence-corrected chi connectivity index (χ1v) is 2.10. The van der Waals surface area contributed by atoms with Crippen LogP contribution in [-0.2, 0) is 0 Å². The second kappa shape index (κ2) is 1.75. The molecule has 3 N–H and O–H groups in total. The maximum atomic E-state index is 8.60. The van der Waals surface area contributed by atoms with Crippen molar-refractivity contribution < 1.29 is 10.3 Å². The average Bonchev–Trinajstić information content (AvgIpc) is 1.77. The molecule has 0 saturated carbocycles. The van der Waals surface area contributed by atoms with Gasteiger partial charge in [0.1, 0.15) is 5.76 Å². The van der Waals surface area contributed by atoms with Crippen molar-refractivity contribution in [3.05, 3.63) is 24.2 Å². The number of nitrogens with one attached hydrogen (secondary N) is 1. The third-order valence-corrected chi connectivity index (χ3v) is 0.731. The molecule has 0 saturated heterocycles. The average molecular weight is 114 g/mol. The summed E-state index contributed by atoms with van der Waals surface area (Å²) in [5.74, 6) is 0.0929. The molecule has 0 atom stereocenters. The van der Waals surface area contributed by atoms with Gasteiger partial charge in [0.15, 0.2) is 0 Å². The van der Waals surface area contributed by atoms with E-state index in [1.807, 2.05) is 0 Å². The highest BCUT2D eigenvalue weighted by molar-refractivity contribution is 5.10. The first-order chi connectivity index (χ1) is 3.79. The Bertz CT molecular complexity index is 141. The van der Waals surface area contributed by atoms with Crippen LogP contribution in [0.4, 0.5) is 0 Å². The van der Waals surface area contributed by atoms with Gasteiger partial charge in [-0.2, -0.15) is 5.17 Å². The van der Waals surface area contributed by atoms with Crippen LogP contribution in [0.2, 0.25) is 0 Å². The number of aliphatic hydroxyl groups excluding tert-OH is 1. The molecule has 1 aliphatic heterocycles. The van der Waals surface area contributed by atoms with Gasteiger partial charge in [0.25, 0.3) is 0 Å². The van der Waals surface area contributed by atoms with Crippen molar-refractivity contribution in [1.29, 1.82) is 0 Å². The minimum absolute atomic E-state index is 0.0929. The van der Waals surface area contributed by atoms with E-state index in [1.54, 1.807) is 0 Å². The molecule has 0 unspecified atom stereocenters. The maximum Gasteiger partial charge on any atom is 0.134 e. The highest BCUT2D eigenvalue weighted by atomic mass is 16.5. The van der Waals surface area contributed by atoms with E-state index in [2.05, 4.69) is 5.43 Å². The molecule has 0 fully saturated rings. The number of hydrogen-bond donors (Lipinski definition) is 3. The summed E-state index contributed by atoms with van der Waals surface area (Å²) in [6.45, 7) is 0. The molecule has 0 amide bonds. The number of rotatable bonds is 0. The lowest BCUT2D eigenvalue weighted by Crippen LogP contribution is -2.27. The second-order valence-electron chi connectivity index (χ2n) is 1.36. The zero-order valence-corrected chi connectivity index (χ0v) is 4.07. The molecule has 0 radical (unpaired) electrons. The number of hydrazine groups is 1. The van der Waals surface area contributed by atoms with Gasteiger partial charge in [-0.15, -0.1) is 0 Å². The van der Waals surface area contributed by atoms with Gasteiger partial charge in [-0.05, 0) is 0 Å². The maximum absolute atomic E-state index is 8.60. The molecule has 44 valence electrons. The van der Waals surface area contributed by atoms with Gasteiger partial charge in [-0.1, -0.05) is 0 Å². The smallest absolute Gasteiger partial charge is 0.134 e. The van der Waals surface area contributed by atoms with E-state index in [-0.39, 0.29) is 5.76 Å². The Kier molecular flexibility index (Phi) is 1.09. The molecule has 1 aliphatic rings. The van der Waals surface area contributed by atoms with Crippen LogP contribution in [-0.4, -0.2) is 15.5 Å². The first-order valence-electron chi connectivity index (χ1n) is 2.10. The summed E-state index contributed by atoms with van der Waals surface area (Å²) in [7, 11) is 0. The molecule has 8 heavy (non-hydrogen) atoms. The van der Waals surface area contributed by atoms with Crippen molar-refractivity contribution in [2.24, 2.45) is 0 Å². The lowest BCUT2D eigenvalue weighted by atomic mass is 10.5. The van der Waals surface area contributed by atoms with Gasteiger partial charge in [0.2, 0.25) is 0 Å². The molecule has 0 bridgehead atoms. The van der Waals surface area contributed by atoms with E-state index in [0.717, 1.165) is 5.17 Å². The molecule has 4 heteroatoms. The zero-order chi connectivity index (χ0) is 5.98. The summed E-state index contributed by atoms with van der Waals surface area (Å²) < 4.78 is 0. The van der Waals surface area contributed by atoms with E-state index in [9.17, 15) is 0 Å². The van der Waals surface area contributed by atoms with Gasteiger partial charge in [-0.25, -0.2) is 0 Å². The molecular weight excluding hydrogens is 108 g/mol. The summed E-state index contributed by atoms with van der Waals surface area (Å²) in [6.07, 6.45) is 3.91. The second-order valence-corrected chi connectivity index (χ2v) is 1.36. The van der Waals surface area contributed by atoms with Crippen LogP contribution in [0.1, 0.15) is 0 Å². The molecule has 0 aromatic heterocycles. The summed E-state index contributed by atoms with van der Waals surface area (Å²) in [4.78, 5) is 0. The van der Waals surface area contributed by atoms with Crippen LogP contribution in [0.5, 0.6) is 0 Å². The Balaban J connectivity index is 2.58. The van der Waals surface area contributed by atoms with Crippen molar-refractivity contribution in [3.63, 3.8) is 0 Å². The monoisotopic (exact) mass is 114 g/mol. The quantitative estimate of drug-likeness (QED) is 0.418. The highest BCUT2D eigenvalue weighted by Gasteiger charge is 1.94. The number of hydroxylamine groups is 1. The van der Waals surface area contributed by atoms with Crippen molar-refractivity contribution in [2.45, 2.75) is 0 Å². The van der Waals surface area contributed by atoms with E-state index < -0.39 is 0 Å². The molecule has 0 spiro atoms. The van der Waals surface area contributed by atoms with Crippen molar-refractivity contribution in [2.75, 3.05) is 0 Å². The standard InChI is InChI=1S/C4H6N2O2/c7-4-1-2-6(8)5-3-4/h1-3,5,7-8H. The lowest BCUT2D eigenvalue weighted by molar-refractivity contribution is -0.0775. The predicted octanol–water partition coefficient (Wildman–Crippen LogP) is 0.109. The van der Waals surface area contributed by atoms with Crippen LogP contribution >= 0.6 is 0 Å². The Morgan fingerprint density at radius 1 is 1.62 bits per heavy atom. The lowest BCUT2D eigenvalue weighted by Gasteiger charge is -2.13. The van der Waals surface area contributed by atoms with Gasteiger partial charge >= 0.3 is 0 Å². The van der Waals surface area contributed by atoms with Crippen LogP contribution in [0.15, 0.2) is 24.2 Å². The first kappa shape index (κ1) is 4.99. The molecule has 4 nitrogen and oxygen atoms in total. The van der Waals surface area contributed by atoms with Crippen molar-refractivity contribution >= 4 is 0 Å². The number of aliphatic hydroxyl groups is 1. The van der Waals surface area contributed by atoms with Crippen LogP contribution < -0.4 is 5.43 Å². The summed E-state index contributed by atoms with van der Waals surface area (Å²) in [5.41, 5.74) is 2.32. The fourth-order valence-corrected chi connectivity index (χ4v) is 0.370. The largest absolute Gasteiger partial charge is 0.506 e.